The third-order valence-corrected chi connectivity index (χ3v) is 4.75. The zero-order valence-electron chi connectivity index (χ0n) is 11.3. The number of furan rings is 1. The highest BCUT2D eigenvalue weighted by Gasteiger charge is 2.35. The zero-order chi connectivity index (χ0) is 12.5. The Bertz CT molecular complexity index is 413. The molecule has 0 spiro atoms. The van der Waals surface area contributed by atoms with Crippen LogP contribution in [0.2, 0.25) is 0 Å². The van der Waals surface area contributed by atoms with Crippen LogP contribution >= 0.6 is 0 Å². The van der Waals surface area contributed by atoms with E-state index in [2.05, 4.69) is 17.9 Å². The maximum absolute atomic E-state index is 5.67. The number of hydrogen-bond donors (Lipinski definition) is 1. The molecule has 18 heavy (non-hydrogen) atoms. The maximum Gasteiger partial charge on any atom is 0.118 e. The smallest absolute Gasteiger partial charge is 0.118 e. The highest BCUT2D eigenvalue weighted by atomic mass is 16.3. The van der Waals surface area contributed by atoms with Crippen molar-refractivity contribution in [2.75, 3.05) is 6.54 Å². The predicted octanol–water partition coefficient (Wildman–Crippen LogP) is 2.81. The first-order valence-electron chi connectivity index (χ1n) is 7.30. The van der Waals surface area contributed by atoms with E-state index in [1.807, 2.05) is 0 Å². The molecular weight excluding hydrogens is 224 g/mol. The summed E-state index contributed by atoms with van der Waals surface area (Å²) in [5, 5.41) is 0. The van der Waals surface area contributed by atoms with Gasteiger partial charge in [0.25, 0.3) is 0 Å². The monoisotopic (exact) mass is 248 g/mol. The number of hydrogen-bond acceptors (Lipinski definition) is 3. The molecule has 1 aliphatic carbocycles. The summed E-state index contributed by atoms with van der Waals surface area (Å²) in [4.78, 5) is 2.68. The van der Waals surface area contributed by atoms with E-state index in [1.165, 1.54) is 44.2 Å². The van der Waals surface area contributed by atoms with Gasteiger partial charge in [-0.25, -0.2) is 0 Å². The summed E-state index contributed by atoms with van der Waals surface area (Å²) >= 11 is 0. The van der Waals surface area contributed by atoms with Gasteiger partial charge < -0.3 is 10.2 Å². The molecule has 1 aromatic heterocycles. The summed E-state index contributed by atoms with van der Waals surface area (Å²) in [6.07, 6.45) is 7.07. The van der Waals surface area contributed by atoms with Crippen molar-refractivity contribution >= 4 is 0 Å². The van der Waals surface area contributed by atoms with Crippen LogP contribution in [0.3, 0.4) is 0 Å². The molecule has 0 radical (unpaired) electrons. The lowest BCUT2D eigenvalue weighted by Crippen LogP contribution is -2.41. The molecule has 2 aliphatic rings. The van der Waals surface area contributed by atoms with Crippen molar-refractivity contribution in [3.8, 4) is 0 Å². The van der Waals surface area contributed by atoms with E-state index < -0.39 is 0 Å². The second-order valence-electron chi connectivity index (χ2n) is 5.87. The molecule has 3 rings (SSSR count). The van der Waals surface area contributed by atoms with Crippen LogP contribution in [0.1, 0.15) is 49.2 Å². The Morgan fingerprint density at radius 2 is 2.17 bits per heavy atom. The molecule has 2 heterocycles. The zero-order valence-corrected chi connectivity index (χ0v) is 11.3. The van der Waals surface area contributed by atoms with Crippen LogP contribution < -0.4 is 5.73 Å². The minimum atomic E-state index is 0.507. The van der Waals surface area contributed by atoms with Gasteiger partial charge in [-0.05, 0) is 51.1 Å². The maximum atomic E-state index is 5.67. The lowest BCUT2D eigenvalue weighted by atomic mass is 9.91. The molecule has 1 aromatic rings. The van der Waals surface area contributed by atoms with Gasteiger partial charge in [-0.1, -0.05) is 6.42 Å². The Labute approximate surface area is 109 Å². The third kappa shape index (κ3) is 2.21. The average molecular weight is 248 g/mol. The van der Waals surface area contributed by atoms with Crippen molar-refractivity contribution in [3.05, 3.63) is 23.2 Å². The summed E-state index contributed by atoms with van der Waals surface area (Å²) in [7, 11) is 0. The average Bonchev–Trinajstić information content (AvgIpc) is 2.97. The summed E-state index contributed by atoms with van der Waals surface area (Å²) < 4.78 is 5.67. The molecule has 1 aliphatic heterocycles. The summed E-state index contributed by atoms with van der Waals surface area (Å²) in [6.45, 7) is 4.87. The van der Waals surface area contributed by atoms with Crippen molar-refractivity contribution in [2.24, 2.45) is 11.7 Å². The summed E-state index contributed by atoms with van der Waals surface area (Å²) in [5.41, 5.74) is 6.98. The van der Waals surface area contributed by atoms with E-state index in [9.17, 15) is 0 Å². The van der Waals surface area contributed by atoms with Crippen molar-refractivity contribution < 1.29 is 4.42 Å². The van der Waals surface area contributed by atoms with E-state index >= 15 is 0 Å². The predicted molar refractivity (Wildman–Crippen MR) is 72.1 cm³/mol. The van der Waals surface area contributed by atoms with Crippen LogP contribution in [0, 0.1) is 12.8 Å². The van der Waals surface area contributed by atoms with Crippen LogP contribution in [0.4, 0.5) is 0 Å². The van der Waals surface area contributed by atoms with Crippen LogP contribution in [-0.4, -0.2) is 17.5 Å². The van der Waals surface area contributed by atoms with E-state index in [-0.39, 0.29) is 0 Å². The van der Waals surface area contributed by atoms with Crippen molar-refractivity contribution in [1.82, 2.24) is 4.90 Å². The van der Waals surface area contributed by atoms with Gasteiger partial charge in [-0.3, -0.25) is 4.90 Å². The minimum absolute atomic E-state index is 0.507. The molecule has 2 N–H and O–H groups in total. The number of likely N-dealkylation sites (tertiary alicyclic amines) is 1. The van der Waals surface area contributed by atoms with Crippen molar-refractivity contribution in [1.29, 1.82) is 0 Å². The standard InChI is InChI=1S/C15H24N2O/c1-11-13(8-14(9-16)18-11)10-17-7-3-5-12-4-2-6-15(12)17/h8,12,15H,2-7,9-10,16H2,1H3. The fourth-order valence-electron chi connectivity index (χ4n) is 3.82. The molecule has 1 saturated carbocycles. The lowest BCUT2D eigenvalue weighted by molar-refractivity contribution is 0.105. The molecule has 2 unspecified atom stereocenters. The number of nitrogens with two attached hydrogens (primary N) is 1. The molecule has 0 bridgehead atoms. The Morgan fingerprint density at radius 3 is 2.94 bits per heavy atom. The quantitative estimate of drug-likeness (QED) is 0.894. The fourth-order valence-corrected chi connectivity index (χ4v) is 3.82. The van der Waals surface area contributed by atoms with Gasteiger partial charge in [-0.15, -0.1) is 0 Å². The van der Waals surface area contributed by atoms with Gasteiger partial charge in [0.2, 0.25) is 0 Å². The van der Waals surface area contributed by atoms with Crippen LogP contribution in [0.25, 0.3) is 0 Å². The number of nitrogens with zero attached hydrogens (tertiary/aromatic N) is 1. The molecule has 3 heteroatoms. The van der Waals surface area contributed by atoms with E-state index in [0.717, 1.165) is 30.0 Å². The first-order chi connectivity index (χ1) is 8.78. The Hall–Kier alpha value is -0.800. The fraction of sp³-hybridized carbons (Fsp3) is 0.733. The molecular formula is C15H24N2O. The highest BCUT2D eigenvalue weighted by Crippen LogP contribution is 2.37. The van der Waals surface area contributed by atoms with Gasteiger partial charge in [0.05, 0.1) is 6.54 Å². The van der Waals surface area contributed by atoms with E-state index in [1.54, 1.807) is 0 Å². The number of fused-ring (bicyclic) bond motifs is 1. The van der Waals surface area contributed by atoms with Gasteiger partial charge in [0.15, 0.2) is 0 Å². The number of piperidine rings is 1. The minimum Gasteiger partial charge on any atom is -0.465 e. The van der Waals surface area contributed by atoms with Crippen LogP contribution in [0.5, 0.6) is 0 Å². The molecule has 0 aromatic carbocycles. The van der Waals surface area contributed by atoms with Gasteiger partial charge in [-0.2, -0.15) is 0 Å². The normalized spacial score (nSPS) is 28.6. The lowest BCUT2D eigenvalue weighted by Gasteiger charge is -2.37. The van der Waals surface area contributed by atoms with E-state index in [4.69, 9.17) is 10.2 Å². The first-order valence-corrected chi connectivity index (χ1v) is 7.30. The highest BCUT2D eigenvalue weighted by molar-refractivity contribution is 5.21. The van der Waals surface area contributed by atoms with Gasteiger partial charge in [0, 0.05) is 18.2 Å². The Balaban J connectivity index is 1.72. The number of aryl methyl sites for hydroxylation is 1. The van der Waals surface area contributed by atoms with Crippen LogP contribution in [0.15, 0.2) is 10.5 Å². The SMILES string of the molecule is Cc1oc(CN)cc1CN1CCCC2CCCC21. The van der Waals surface area contributed by atoms with Gasteiger partial charge >= 0.3 is 0 Å². The Morgan fingerprint density at radius 1 is 1.33 bits per heavy atom. The van der Waals surface area contributed by atoms with Crippen molar-refractivity contribution in [3.63, 3.8) is 0 Å². The van der Waals surface area contributed by atoms with Gasteiger partial charge in [0.1, 0.15) is 11.5 Å². The molecule has 2 atom stereocenters. The largest absolute Gasteiger partial charge is 0.465 e. The molecule has 1 saturated heterocycles. The molecule has 100 valence electrons. The first kappa shape index (κ1) is 12.2. The second-order valence-corrected chi connectivity index (χ2v) is 5.87. The second kappa shape index (κ2) is 5.06. The van der Waals surface area contributed by atoms with Crippen LogP contribution in [-0.2, 0) is 13.1 Å². The van der Waals surface area contributed by atoms with E-state index in [0.29, 0.717) is 6.54 Å². The molecule has 0 amide bonds. The Kier molecular flexibility index (Phi) is 3.44. The topological polar surface area (TPSA) is 42.4 Å². The number of rotatable bonds is 3. The molecule has 3 nitrogen and oxygen atoms in total. The molecule has 2 fully saturated rings. The third-order valence-electron chi connectivity index (χ3n) is 4.75. The summed E-state index contributed by atoms with van der Waals surface area (Å²) in [6, 6.07) is 2.97. The summed E-state index contributed by atoms with van der Waals surface area (Å²) in [5.74, 6) is 2.93. The van der Waals surface area contributed by atoms with Crippen molar-refractivity contribution in [2.45, 2.75) is 58.2 Å².